The van der Waals surface area contributed by atoms with Gasteiger partial charge in [0, 0.05) is 28.9 Å². The van der Waals surface area contributed by atoms with Crippen LogP contribution in [0.4, 0.5) is 0 Å². The minimum atomic E-state index is -0.233. The average Bonchev–Trinajstić information content (AvgIpc) is 2.86. The van der Waals surface area contributed by atoms with E-state index in [4.69, 9.17) is 4.74 Å². The lowest BCUT2D eigenvalue weighted by atomic mass is 9.43. The normalized spacial score (nSPS) is 38.7. The molecule has 4 atom stereocenters. The Labute approximate surface area is 150 Å². The summed E-state index contributed by atoms with van der Waals surface area (Å²) in [5, 5.41) is 10.7. The number of ether oxygens (including phenoxy) is 1. The van der Waals surface area contributed by atoms with Crippen molar-refractivity contribution in [2.75, 3.05) is 7.11 Å². The second-order valence-corrected chi connectivity index (χ2v) is 9.60. The van der Waals surface area contributed by atoms with Crippen LogP contribution in [0.25, 0.3) is 0 Å². The Balaban J connectivity index is 1.83. The van der Waals surface area contributed by atoms with Crippen LogP contribution in [0.15, 0.2) is 12.1 Å². The molecule has 0 radical (unpaired) electrons. The molecule has 0 saturated heterocycles. The molecule has 3 heteroatoms. The number of benzene rings is 1. The summed E-state index contributed by atoms with van der Waals surface area (Å²) >= 11 is 0. The van der Waals surface area contributed by atoms with E-state index >= 15 is 0 Å². The third-order valence-corrected chi connectivity index (χ3v) is 8.20. The van der Waals surface area contributed by atoms with Gasteiger partial charge in [-0.15, -0.1) is 0 Å². The molecular formula is C22H30O3. The van der Waals surface area contributed by atoms with Gasteiger partial charge in [-0.25, -0.2) is 0 Å². The standard InChI is InChI=1S/C22H30O3/c1-20(2)16-6-8-22(4)17(21(16,3)9-7-18(20)24)11-13-10-14(25-5)12-15(23)19(13)22/h10,12,16-17,23H,6-9,11H2,1-5H3/t16-,17+,21-,22+/m1/s1. The van der Waals surface area contributed by atoms with Crippen molar-refractivity contribution in [2.24, 2.45) is 22.7 Å². The number of Topliss-reactive ketones (excluding diaryl/α,β-unsaturated/α-hetero) is 1. The van der Waals surface area contributed by atoms with Gasteiger partial charge in [0.15, 0.2) is 0 Å². The first-order valence-corrected chi connectivity index (χ1v) is 9.58. The first-order valence-electron chi connectivity index (χ1n) is 9.58. The second-order valence-electron chi connectivity index (χ2n) is 9.60. The Hall–Kier alpha value is -1.51. The maximum Gasteiger partial charge on any atom is 0.138 e. The van der Waals surface area contributed by atoms with Crippen LogP contribution >= 0.6 is 0 Å². The zero-order chi connectivity index (χ0) is 18.2. The smallest absolute Gasteiger partial charge is 0.138 e. The molecule has 0 aromatic heterocycles. The fraction of sp³-hybridized carbons (Fsp3) is 0.682. The van der Waals surface area contributed by atoms with Gasteiger partial charge in [-0.1, -0.05) is 27.7 Å². The van der Waals surface area contributed by atoms with E-state index < -0.39 is 0 Å². The molecule has 1 N–H and O–H groups in total. The van der Waals surface area contributed by atoms with Gasteiger partial charge < -0.3 is 9.84 Å². The third-order valence-electron chi connectivity index (χ3n) is 8.20. The van der Waals surface area contributed by atoms with Crippen LogP contribution < -0.4 is 4.74 Å². The molecule has 0 spiro atoms. The molecule has 0 amide bonds. The molecule has 2 fully saturated rings. The maximum absolute atomic E-state index is 12.6. The first-order chi connectivity index (χ1) is 11.6. The zero-order valence-electron chi connectivity index (χ0n) is 16.1. The quantitative estimate of drug-likeness (QED) is 0.809. The number of rotatable bonds is 1. The summed E-state index contributed by atoms with van der Waals surface area (Å²) < 4.78 is 5.38. The SMILES string of the molecule is COc1cc(O)c2c(c1)C[C@H]1[C@]3(C)CCC(=O)C(C)(C)[C@H]3CC[C@]21C. The van der Waals surface area contributed by atoms with Crippen molar-refractivity contribution in [3.8, 4) is 11.5 Å². The van der Waals surface area contributed by atoms with E-state index in [0.29, 0.717) is 29.8 Å². The van der Waals surface area contributed by atoms with Crippen LogP contribution in [0, 0.1) is 22.7 Å². The topological polar surface area (TPSA) is 46.5 Å². The van der Waals surface area contributed by atoms with Crippen molar-refractivity contribution >= 4 is 5.78 Å². The van der Waals surface area contributed by atoms with Crippen LogP contribution in [0.3, 0.4) is 0 Å². The summed E-state index contributed by atoms with van der Waals surface area (Å²) in [5.41, 5.74) is 2.27. The molecule has 1 aromatic carbocycles. The Morgan fingerprint density at radius 1 is 1.12 bits per heavy atom. The van der Waals surface area contributed by atoms with E-state index in [2.05, 4.69) is 33.8 Å². The maximum atomic E-state index is 12.6. The number of fused-ring (bicyclic) bond motifs is 5. The minimum Gasteiger partial charge on any atom is -0.507 e. The second kappa shape index (κ2) is 5.02. The van der Waals surface area contributed by atoms with Crippen molar-refractivity contribution in [1.29, 1.82) is 0 Å². The van der Waals surface area contributed by atoms with E-state index in [1.54, 1.807) is 13.2 Å². The number of phenolic OH excluding ortho intramolecular Hbond substituents is 1. The van der Waals surface area contributed by atoms with Crippen LogP contribution in [-0.4, -0.2) is 18.0 Å². The number of ketones is 1. The van der Waals surface area contributed by atoms with E-state index in [-0.39, 0.29) is 16.2 Å². The van der Waals surface area contributed by atoms with Gasteiger partial charge in [-0.2, -0.15) is 0 Å². The fourth-order valence-corrected chi connectivity index (χ4v) is 6.92. The summed E-state index contributed by atoms with van der Waals surface area (Å²) in [6.07, 6.45) is 4.76. The number of hydrogen-bond acceptors (Lipinski definition) is 3. The molecule has 0 bridgehead atoms. The molecule has 3 aliphatic rings. The molecule has 0 aliphatic heterocycles. The molecule has 3 aliphatic carbocycles. The Kier molecular flexibility index (Phi) is 3.40. The molecule has 3 nitrogen and oxygen atoms in total. The van der Waals surface area contributed by atoms with Crippen molar-refractivity contribution in [3.05, 3.63) is 23.3 Å². The van der Waals surface area contributed by atoms with Crippen LogP contribution in [0.2, 0.25) is 0 Å². The van der Waals surface area contributed by atoms with E-state index in [0.717, 1.165) is 37.0 Å². The highest BCUT2D eigenvalue weighted by Crippen LogP contribution is 2.67. The minimum absolute atomic E-state index is 0.00654. The fourth-order valence-electron chi connectivity index (χ4n) is 6.92. The van der Waals surface area contributed by atoms with E-state index in [1.165, 1.54) is 5.56 Å². The summed E-state index contributed by atoms with van der Waals surface area (Å²) in [6, 6.07) is 3.87. The summed E-state index contributed by atoms with van der Waals surface area (Å²) in [7, 11) is 1.65. The van der Waals surface area contributed by atoms with Crippen molar-refractivity contribution in [2.45, 2.75) is 65.2 Å². The third kappa shape index (κ3) is 2.01. The van der Waals surface area contributed by atoms with Gasteiger partial charge >= 0.3 is 0 Å². The monoisotopic (exact) mass is 342 g/mol. The van der Waals surface area contributed by atoms with Gasteiger partial charge in [-0.3, -0.25) is 4.79 Å². The number of carbonyl (C=O) groups is 1. The highest BCUT2D eigenvalue weighted by molar-refractivity contribution is 5.85. The largest absolute Gasteiger partial charge is 0.507 e. The average molecular weight is 342 g/mol. The predicted octanol–water partition coefficient (Wildman–Crippen LogP) is 4.64. The highest BCUT2D eigenvalue weighted by Gasteiger charge is 2.63. The Morgan fingerprint density at radius 2 is 1.84 bits per heavy atom. The predicted molar refractivity (Wildman–Crippen MR) is 98.1 cm³/mol. The number of methoxy groups -OCH3 is 1. The van der Waals surface area contributed by atoms with Gasteiger partial charge in [0.2, 0.25) is 0 Å². The highest BCUT2D eigenvalue weighted by atomic mass is 16.5. The number of carbonyl (C=O) groups excluding carboxylic acids is 1. The molecule has 0 heterocycles. The lowest BCUT2D eigenvalue weighted by Crippen LogP contribution is -2.57. The molecule has 0 unspecified atom stereocenters. The summed E-state index contributed by atoms with van der Waals surface area (Å²) in [6.45, 7) is 9.06. The van der Waals surface area contributed by atoms with Crippen LogP contribution in [0.1, 0.15) is 64.5 Å². The molecule has 2 saturated carbocycles. The number of hydrogen-bond donors (Lipinski definition) is 1. The molecule has 25 heavy (non-hydrogen) atoms. The Bertz CT molecular complexity index is 750. The van der Waals surface area contributed by atoms with Crippen molar-refractivity contribution in [1.82, 2.24) is 0 Å². The van der Waals surface area contributed by atoms with Crippen molar-refractivity contribution < 1.29 is 14.6 Å². The summed E-state index contributed by atoms with van der Waals surface area (Å²) in [5.74, 6) is 2.45. The summed E-state index contributed by atoms with van der Waals surface area (Å²) in [4.78, 5) is 12.6. The van der Waals surface area contributed by atoms with E-state index in [9.17, 15) is 9.90 Å². The van der Waals surface area contributed by atoms with Crippen LogP contribution in [-0.2, 0) is 16.6 Å². The van der Waals surface area contributed by atoms with Gasteiger partial charge in [0.25, 0.3) is 0 Å². The lowest BCUT2D eigenvalue weighted by molar-refractivity contribution is -0.151. The Morgan fingerprint density at radius 3 is 2.52 bits per heavy atom. The molecule has 4 rings (SSSR count). The van der Waals surface area contributed by atoms with Crippen LogP contribution in [0.5, 0.6) is 11.5 Å². The molecular weight excluding hydrogens is 312 g/mol. The molecule has 1 aromatic rings. The number of aromatic hydroxyl groups is 1. The van der Waals surface area contributed by atoms with E-state index in [1.807, 2.05) is 0 Å². The van der Waals surface area contributed by atoms with Gasteiger partial charge in [-0.05, 0) is 54.6 Å². The number of phenols is 1. The lowest BCUT2D eigenvalue weighted by Gasteiger charge is -2.60. The van der Waals surface area contributed by atoms with Gasteiger partial charge in [0.05, 0.1) is 7.11 Å². The zero-order valence-corrected chi connectivity index (χ0v) is 16.1. The van der Waals surface area contributed by atoms with Crippen molar-refractivity contribution in [3.63, 3.8) is 0 Å². The molecule has 136 valence electrons. The van der Waals surface area contributed by atoms with Gasteiger partial charge in [0.1, 0.15) is 17.3 Å². The first kappa shape index (κ1) is 16.9.